The summed E-state index contributed by atoms with van der Waals surface area (Å²) >= 11 is 0. The molecule has 4 rings (SSSR count). The van der Waals surface area contributed by atoms with Crippen LogP contribution in [0, 0.1) is 0 Å². The van der Waals surface area contributed by atoms with E-state index in [1.54, 1.807) is 7.11 Å². The van der Waals surface area contributed by atoms with Crippen molar-refractivity contribution < 1.29 is 13.9 Å². The number of alkyl halides is 1. The summed E-state index contributed by atoms with van der Waals surface area (Å²) in [7, 11) is 1.65. The molecule has 1 saturated heterocycles. The summed E-state index contributed by atoms with van der Waals surface area (Å²) in [6.07, 6.45) is 8.76. The number of halogens is 1. The highest BCUT2D eigenvalue weighted by atomic mass is 19.1. The first-order chi connectivity index (χ1) is 17.6. The van der Waals surface area contributed by atoms with Crippen LogP contribution in [0.5, 0.6) is 5.75 Å². The quantitative estimate of drug-likeness (QED) is 0.335. The van der Waals surface area contributed by atoms with Crippen LogP contribution in [-0.4, -0.2) is 57.4 Å². The molecule has 1 aliphatic heterocycles. The van der Waals surface area contributed by atoms with Crippen LogP contribution in [0.4, 0.5) is 10.1 Å². The molecular formula is C30H38FN3O2. The molecule has 0 spiro atoms. The number of methoxy groups -OCH3 is 1. The van der Waals surface area contributed by atoms with Gasteiger partial charge < -0.3 is 15.2 Å². The second-order valence-electron chi connectivity index (χ2n) is 9.49. The molecule has 36 heavy (non-hydrogen) atoms. The topological polar surface area (TPSA) is 60.1 Å². The lowest BCUT2D eigenvalue weighted by Gasteiger charge is -2.19. The number of rotatable bonds is 10. The van der Waals surface area contributed by atoms with Gasteiger partial charge in [-0.3, -0.25) is 14.3 Å². The van der Waals surface area contributed by atoms with E-state index in [1.165, 1.54) is 22.3 Å². The summed E-state index contributed by atoms with van der Waals surface area (Å²) in [4.78, 5) is 6.73. The lowest BCUT2D eigenvalue weighted by molar-refractivity contribution is 0.198. The first kappa shape index (κ1) is 26.1. The molecule has 0 aromatic heterocycles. The van der Waals surface area contributed by atoms with Gasteiger partial charge in [-0.1, -0.05) is 24.3 Å². The highest BCUT2D eigenvalue weighted by molar-refractivity contribution is 5.95. The maximum absolute atomic E-state index is 12.5. The number of allylic oxidation sites excluding steroid dienone is 3. The Hall–Kier alpha value is -2.96. The SMILES string of the molecule is C/C=C(\C=N/COC)C1=C(c2ccc(OC3CCN(CCCF)C3)cc2)c2ccc(N)cc2CCC1. The Balaban J connectivity index is 1.64. The van der Waals surface area contributed by atoms with Gasteiger partial charge in [-0.15, -0.1) is 0 Å². The molecule has 2 aliphatic rings. The van der Waals surface area contributed by atoms with Gasteiger partial charge in [0.25, 0.3) is 0 Å². The minimum Gasteiger partial charge on any atom is -0.489 e. The minimum absolute atomic E-state index is 0.151. The summed E-state index contributed by atoms with van der Waals surface area (Å²) in [6, 6.07) is 14.7. The Bertz CT molecular complexity index is 1110. The smallest absolute Gasteiger partial charge is 0.137 e. The van der Waals surface area contributed by atoms with Crippen LogP contribution in [0.1, 0.15) is 49.3 Å². The fourth-order valence-electron chi connectivity index (χ4n) is 5.24. The van der Waals surface area contributed by atoms with Crippen LogP contribution >= 0.6 is 0 Å². The minimum atomic E-state index is -0.260. The Kier molecular flexibility index (Phi) is 9.31. The summed E-state index contributed by atoms with van der Waals surface area (Å²) in [5.74, 6) is 0.873. The number of aliphatic imine (C=N–C) groups is 1. The second kappa shape index (κ2) is 12.8. The van der Waals surface area contributed by atoms with Crippen molar-refractivity contribution in [2.45, 2.75) is 45.1 Å². The van der Waals surface area contributed by atoms with Crippen LogP contribution in [0.15, 0.2) is 64.7 Å². The van der Waals surface area contributed by atoms with Gasteiger partial charge in [0.15, 0.2) is 0 Å². The molecule has 1 fully saturated rings. The van der Waals surface area contributed by atoms with Crippen LogP contribution in [0.3, 0.4) is 0 Å². The molecule has 192 valence electrons. The average molecular weight is 492 g/mol. The number of fused-ring (bicyclic) bond motifs is 1. The number of anilines is 1. The number of benzene rings is 2. The summed E-state index contributed by atoms with van der Waals surface area (Å²) in [6.45, 7) is 4.77. The molecule has 5 nitrogen and oxygen atoms in total. The zero-order valence-electron chi connectivity index (χ0n) is 21.5. The summed E-state index contributed by atoms with van der Waals surface area (Å²) < 4.78 is 23.9. The van der Waals surface area contributed by atoms with Crippen LogP contribution < -0.4 is 10.5 Å². The maximum Gasteiger partial charge on any atom is 0.137 e. The fraction of sp³-hybridized carbons (Fsp3) is 0.433. The normalized spacial score (nSPS) is 19.1. The van der Waals surface area contributed by atoms with Crippen molar-refractivity contribution in [1.29, 1.82) is 0 Å². The van der Waals surface area contributed by atoms with E-state index in [2.05, 4.69) is 59.3 Å². The van der Waals surface area contributed by atoms with Gasteiger partial charge in [0.1, 0.15) is 18.6 Å². The van der Waals surface area contributed by atoms with Gasteiger partial charge in [-0.25, -0.2) is 0 Å². The molecule has 2 aromatic carbocycles. The molecule has 2 N–H and O–H groups in total. The van der Waals surface area contributed by atoms with E-state index < -0.39 is 0 Å². The van der Waals surface area contributed by atoms with Crippen LogP contribution in [0.25, 0.3) is 5.57 Å². The van der Waals surface area contributed by atoms with Crippen molar-refractivity contribution in [2.75, 3.05) is 45.9 Å². The standard InChI is InChI=1S/C30H38FN3O2/c1-3-22(19-33-21-35-2)28-7-4-6-24-18-25(32)10-13-29(24)30(28)23-8-11-26(12-9-23)36-27-14-17-34(20-27)16-5-15-31/h3,8-13,18-19,27H,4-7,14-17,20-21,32H2,1-2H3/b22-3+,33-19-. The third kappa shape index (κ3) is 6.42. The molecule has 1 aliphatic carbocycles. The van der Waals surface area contributed by atoms with Gasteiger partial charge in [-0.05, 0) is 96.7 Å². The third-order valence-electron chi connectivity index (χ3n) is 6.95. The van der Waals surface area contributed by atoms with Crippen molar-refractivity contribution in [3.05, 3.63) is 76.4 Å². The molecule has 1 heterocycles. The average Bonchev–Trinajstić information content (AvgIpc) is 3.25. The van der Waals surface area contributed by atoms with E-state index in [0.29, 0.717) is 13.2 Å². The Labute approximate surface area is 214 Å². The zero-order valence-corrected chi connectivity index (χ0v) is 21.5. The van der Waals surface area contributed by atoms with Gasteiger partial charge >= 0.3 is 0 Å². The molecule has 0 saturated carbocycles. The lowest BCUT2D eigenvalue weighted by atomic mass is 9.87. The summed E-state index contributed by atoms with van der Waals surface area (Å²) in [5.41, 5.74) is 14.2. The number of hydrogen-bond donors (Lipinski definition) is 1. The maximum atomic E-state index is 12.5. The van der Waals surface area contributed by atoms with E-state index in [-0.39, 0.29) is 12.8 Å². The Morgan fingerprint density at radius 2 is 2.03 bits per heavy atom. The van der Waals surface area contributed by atoms with E-state index in [9.17, 15) is 4.39 Å². The number of hydrogen-bond acceptors (Lipinski definition) is 5. The van der Waals surface area contributed by atoms with Crippen molar-refractivity contribution >= 4 is 17.5 Å². The molecule has 0 radical (unpaired) electrons. The number of ether oxygens (including phenoxy) is 2. The lowest BCUT2D eigenvalue weighted by Crippen LogP contribution is -2.26. The van der Waals surface area contributed by atoms with Crippen molar-refractivity contribution in [2.24, 2.45) is 4.99 Å². The molecule has 1 unspecified atom stereocenters. The van der Waals surface area contributed by atoms with Crippen molar-refractivity contribution in [3.8, 4) is 5.75 Å². The fourth-order valence-corrected chi connectivity index (χ4v) is 5.24. The Morgan fingerprint density at radius 3 is 2.78 bits per heavy atom. The molecular weight excluding hydrogens is 453 g/mol. The van der Waals surface area contributed by atoms with Gasteiger partial charge in [0.05, 0.1) is 6.67 Å². The number of likely N-dealkylation sites (tertiary alicyclic amines) is 1. The molecule has 0 amide bonds. The number of nitrogen functional groups attached to an aromatic ring is 1. The highest BCUT2D eigenvalue weighted by Crippen LogP contribution is 2.39. The predicted octanol–water partition coefficient (Wildman–Crippen LogP) is 5.84. The van der Waals surface area contributed by atoms with Crippen LogP contribution in [-0.2, 0) is 11.2 Å². The summed E-state index contributed by atoms with van der Waals surface area (Å²) in [5, 5.41) is 0. The largest absolute Gasteiger partial charge is 0.489 e. The predicted molar refractivity (Wildman–Crippen MR) is 146 cm³/mol. The monoisotopic (exact) mass is 491 g/mol. The van der Waals surface area contributed by atoms with E-state index in [0.717, 1.165) is 67.9 Å². The number of nitrogens with two attached hydrogens (primary N) is 1. The van der Waals surface area contributed by atoms with Gasteiger partial charge in [0, 0.05) is 38.6 Å². The molecule has 1 atom stereocenters. The molecule has 6 heteroatoms. The number of nitrogens with zero attached hydrogens (tertiary/aromatic N) is 2. The van der Waals surface area contributed by atoms with Crippen molar-refractivity contribution in [3.63, 3.8) is 0 Å². The number of aryl methyl sites for hydroxylation is 1. The van der Waals surface area contributed by atoms with Gasteiger partial charge in [0.2, 0.25) is 0 Å². The molecule has 0 bridgehead atoms. The van der Waals surface area contributed by atoms with E-state index in [1.807, 2.05) is 12.3 Å². The van der Waals surface area contributed by atoms with E-state index in [4.69, 9.17) is 15.2 Å². The first-order valence-corrected chi connectivity index (χ1v) is 13.0. The van der Waals surface area contributed by atoms with Crippen molar-refractivity contribution in [1.82, 2.24) is 4.90 Å². The third-order valence-corrected chi connectivity index (χ3v) is 6.95. The highest BCUT2D eigenvalue weighted by Gasteiger charge is 2.24. The molecule has 2 aromatic rings. The van der Waals surface area contributed by atoms with Crippen LogP contribution in [0.2, 0.25) is 0 Å². The Morgan fingerprint density at radius 1 is 1.19 bits per heavy atom. The zero-order chi connectivity index (χ0) is 25.3. The second-order valence-corrected chi connectivity index (χ2v) is 9.49. The van der Waals surface area contributed by atoms with Gasteiger partial charge in [-0.2, -0.15) is 0 Å². The first-order valence-electron chi connectivity index (χ1n) is 13.0. The van der Waals surface area contributed by atoms with E-state index >= 15 is 0 Å².